The Hall–Kier alpha value is -0.880. The Bertz CT molecular complexity index is 376. The number of halogens is 1. The zero-order valence-electron chi connectivity index (χ0n) is 9.71. The smallest absolute Gasteiger partial charge is 0.241 e. The molecule has 1 N–H and O–H groups in total. The Balaban J connectivity index is 2.53. The minimum absolute atomic E-state index is 0.0600. The van der Waals surface area contributed by atoms with Crippen molar-refractivity contribution in [3.63, 3.8) is 0 Å². The first-order valence-corrected chi connectivity index (χ1v) is 5.80. The molecule has 0 atom stereocenters. The molecule has 0 aliphatic rings. The average Bonchev–Trinajstić information content (AvgIpc) is 2.47. The monoisotopic (exact) mass is 289 g/mol. The van der Waals surface area contributed by atoms with Gasteiger partial charge in [0, 0.05) is 13.7 Å². The van der Waals surface area contributed by atoms with Crippen molar-refractivity contribution in [3.05, 3.63) is 15.9 Å². The van der Waals surface area contributed by atoms with Crippen molar-refractivity contribution in [1.82, 2.24) is 15.1 Å². The van der Waals surface area contributed by atoms with Gasteiger partial charge in [0.05, 0.1) is 22.5 Å². The van der Waals surface area contributed by atoms with E-state index in [4.69, 9.17) is 4.74 Å². The van der Waals surface area contributed by atoms with E-state index in [9.17, 15) is 4.79 Å². The highest BCUT2D eigenvalue weighted by Crippen LogP contribution is 2.19. The first-order chi connectivity index (χ1) is 7.56. The van der Waals surface area contributed by atoms with E-state index in [-0.39, 0.29) is 12.5 Å². The summed E-state index contributed by atoms with van der Waals surface area (Å²) >= 11 is 3.42. The fraction of sp³-hybridized carbons (Fsp3) is 0.600. The van der Waals surface area contributed by atoms with Gasteiger partial charge in [0.25, 0.3) is 0 Å². The Morgan fingerprint density at radius 3 is 2.75 bits per heavy atom. The highest BCUT2D eigenvalue weighted by atomic mass is 79.9. The molecule has 0 aliphatic carbocycles. The lowest BCUT2D eigenvalue weighted by Crippen LogP contribution is -2.31. The van der Waals surface area contributed by atoms with E-state index >= 15 is 0 Å². The maximum Gasteiger partial charge on any atom is 0.241 e. The van der Waals surface area contributed by atoms with Crippen molar-refractivity contribution in [3.8, 4) is 0 Å². The Morgan fingerprint density at radius 2 is 2.25 bits per heavy atom. The van der Waals surface area contributed by atoms with E-state index in [0.717, 1.165) is 15.9 Å². The number of aromatic nitrogens is 2. The Kier molecular flexibility index (Phi) is 4.95. The summed E-state index contributed by atoms with van der Waals surface area (Å²) in [6, 6.07) is 0. The molecule has 16 heavy (non-hydrogen) atoms. The number of rotatable bonds is 5. The number of carbonyl (C=O) groups excluding carboxylic acids is 1. The van der Waals surface area contributed by atoms with Gasteiger partial charge in [-0.1, -0.05) is 0 Å². The molecule has 0 unspecified atom stereocenters. The number of hydrogen-bond acceptors (Lipinski definition) is 3. The third-order valence-corrected chi connectivity index (χ3v) is 3.36. The average molecular weight is 290 g/mol. The van der Waals surface area contributed by atoms with Crippen LogP contribution in [0.1, 0.15) is 11.4 Å². The van der Waals surface area contributed by atoms with Crippen LogP contribution in [0.2, 0.25) is 0 Å². The van der Waals surface area contributed by atoms with Gasteiger partial charge in [0.1, 0.15) is 6.54 Å². The van der Waals surface area contributed by atoms with E-state index in [1.54, 1.807) is 11.8 Å². The number of amides is 1. The van der Waals surface area contributed by atoms with Crippen LogP contribution in [0, 0.1) is 13.8 Å². The van der Waals surface area contributed by atoms with Gasteiger partial charge in [0.2, 0.25) is 5.91 Å². The van der Waals surface area contributed by atoms with Crippen LogP contribution in [0.3, 0.4) is 0 Å². The lowest BCUT2D eigenvalue weighted by Gasteiger charge is -2.06. The molecule has 0 spiro atoms. The largest absolute Gasteiger partial charge is 0.383 e. The molecule has 6 heteroatoms. The van der Waals surface area contributed by atoms with E-state index in [1.807, 2.05) is 13.8 Å². The summed E-state index contributed by atoms with van der Waals surface area (Å²) in [5.74, 6) is -0.0600. The van der Waals surface area contributed by atoms with Gasteiger partial charge in [-0.3, -0.25) is 9.48 Å². The second-order valence-electron chi connectivity index (χ2n) is 3.49. The molecular weight excluding hydrogens is 274 g/mol. The summed E-state index contributed by atoms with van der Waals surface area (Å²) in [4.78, 5) is 11.5. The van der Waals surface area contributed by atoms with Crippen molar-refractivity contribution in [2.24, 2.45) is 0 Å². The summed E-state index contributed by atoms with van der Waals surface area (Å²) in [6.45, 7) is 5.10. The van der Waals surface area contributed by atoms with E-state index in [0.29, 0.717) is 13.2 Å². The van der Waals surface area contributed by atoms with Crippen LogP contribution in [0.4, 0.5) is 0 Å². The van der Waals surface area contributed by atoms with Crippen LogP contribution in [0.15, 0.2) is 4.47 Å². The highest BCUT2D eigenvalue weighted by molar-refractivity contribution is 9.10. The maximum absolute atomic E-state index is 11.5. The maximum atomic E-state index is 11.5. The van der Waals surface area contributed by atoms with Crippen LogP contribution in [-0.4, -0.2) is 35.9 Å². The minimum atomic E-state index is -0.0600. The zero-order valence-corrected chi connectivity index (χ0v) is 11.3. The SMILES string of the molecule is COCCNC(=O)Cn1nc(C)c(Br)c1C. The summed E-state index contributed by atoms with van der Waals surface area (Å²) in [5.41, 5.74) is 1.85. The van der Waals surface area contributed by atoms with Gasteiger partial charge >= 0.3 is 0 Å². The molecule has 0 bridgehead atoms. The highest BCUT2D eigenvalue weighted by Gasteiger charge is 2.11. The lowest BCUT2D eigenvalue weighted by atomic mass is 10.4. The normalized spacial score (nSPS) is 10.5. The number of carbonyl (C=O) groups is 1. The Labute approximate surface area is 103 Å². The van der Waals surface area contributed by atoms with E-state index in [2.05, 4.69) is 26.3 Å². The lowest BCUT2D eigenvalue weighted by molar-refractivity contribution is -0.122. The fourth-order valence-corrected chi connectivity index (χ4v) is 1.60. The van der Waals surface area contributed by atoms with Crippen molar-refractivity contribution < 1.29 is 9.53 Å². The molecule has 1 aromatic rings. The number of ether oxygens (including phenoxy) is 1. The van der Waals surface area contributed by atoms with E-state index in [1.165, 1.54) is 0 Å². The van der Waals surface area contributed by atoms with Crippen LogP contribution in [0.5, 0.6) is 0 Å². The zero-order chi connectivity index (χ0) is 12.1. The molecule has 0 fully saturated rings. The van der Waals surface area contributed by atoms with Gasteiger partial charge in [0.15, 0.2) is 0 Å². The molecule has 0 aliphatic heterocycles. The van der Waals surface area contributed by atoms with Gasteiger partial charge < -0.3 is 10.1 Å². The number of nitrogens with one attached hydrogen (secondary N) is 1. The van der Waals surface area contributed by atoms with Crippen LogP contribution >= 0.6 is 15.9 Å². The number of hydrogen-bond donors (Lipinski definition) is 1. The first-order valence-electron chi connectivity index (χ1n) is 5.01. The quantitative estimate of drug-likeness (QED) is 0.824. The molecule has 1 heterocycles. The molecule has 1 rings (SSSR count). The molecule has 0 radical (unpaired) electrons. The number of methoxy groups -OCH3 is 1. The molecule has 90 valence electrons. The topological polar surface area (TPSA) is 56.1 Å². The second kappa shape index (κ2) is 6.00. The summed E-state index contributed by atoms with van der Waals surface area (Å²) < 4.78 is 7.48. The van der Waals surface area contributed by atoms with E-state index < -0.39 is 0 Å². The Morgan fingerprint density at radius 1 is 1.56 bits per heavy atom. The van der Waals surface area contributed by atoms with Gasteiger partial charge in [-0.05, 0) is 29.8 Å². The van der Waals surface area contributed by atoms with Gasteiger partial charge in [-0.15, -0.1) is 0 Å². The molecule has 5 nitrogen and oxygen atoms in total. The predicted octanol–water partition coefficient (Wildman–Crippen LogP) is 1.03. The standard InChI is InChI=1S/C10H16BrN3O2/c1-7-10(11)8(2)14(13-7)6-9(15)12-4-5-16-3/h4-6H2,1-3H3,(H,12,15). The van der Waals surface area contributed by atoms with Crippen LogP contribution < -0.4 is 5.32 Å². The molecule has 0 saturated heterocycles. The fourth-order valence-electron chi connectivity index (χ4n) is 1.31. The van der Waals surface area contributed by atoms with Crippen molar-refractivity contribution in [1.29, 1.82) is 0 Å². The van der Waals surface area contributed by atoms with Crippen LogP contribution in [0.25, 0.3) is 0 Å². The second-order valence-corrected chi connectivity index (χ2v) is 4.28. The van der Waals surface area contributed by atoms with Crippen molar-refractivity contribution in [2.75, 3.05) is 20.3 Å². The summed E-state index contributed by atoms with van der Waals surface area (Å²) in [6.07, 6.45) is 0. The summed E-state index contributed by atoms with van der Waals surface area (Å²) in [5, 5.41) is 7.00. The van der Waals surface area contributed by atoms with Crippen molar-refractivity contribution >= 4 is 21.8 Å². The molecule has 1 aromatic heterocycles. The van der Waals surface area contributed by atoms with Crippen LogP contribution in [-0.2, 0) is 16.1 Å². The number of nitrogens with zero attached hydrogens (tertiary/aromatic N) is 2. The van der Waals surface area contributed by atoms with Crippen molar-refractivity contribution in [2.45, 2.75) is 20.4 Å². The third-order valence-electron chi connectivity index (χ3n) is 2.21. The minimum Gasteiger partial charge on any atom is -0.383 e. The molecule has 0 saturated carbocycles. The number of aryl methyl sites for hydroxylation is 1. The first kappa shape index (κ1) is 13.2. The summed E-state index contributed by atoms with van der Waals surface area (Å²) in [7, 11) is 1.60. The predicted molar refractivity (Wildman–Crippen MR) is 64.3 cm³/mol. The molecule has 1 amide bonds. The molecule has 0 aromatic carbocycles. The third kappa shape index (κ3) is 3.31. The van der Waals surface area contributed by atoms with Gasteiger partial charge in [-0.2, -0.15) is 5.10 Å². The van der Waals surface area contributed by atoms with Gasteiger partial charge in [-0.25, -0.2) is 0 Å². The molecular formula is C10H16BrN3O2.